The monoisotopic (exact) mass is 272 g/mol. The van der Waals surface area contributed by atoms with Crippen molar-refractivity contribution in [3.05, 3.63) is 35.7 Å². The molecule has 2 aromatic heterocycles. The van der Waals surface area contributed by atoms with Crippen LogP contribution < -0.4 is 0 Å². The Labute approximate surface area is 116 Å². The summed E-state index contributed by atoms with van der Waals surface area (Å²) < 4.78 is 0. The van der Waals surface area contributed by atoms with Crippen LogP contribution in [0.5, 0.6) is 11.8 Å². The van der Waals surface area contributed by atoms with Crippen molar-refractivity contribution in [2.75, 3.05) is 0 Å². The van der Waals surface area contributed by atoms with Gasteiger partial charge in [0.05, 0.1) is 11.4 Å². The zero-order valence-electron chi connectivity index (χ0n) is 11.0. The third kappa shape index (κ3) is 2.68. The van der Waals surface area contributed by atoms with Gasteiger partial charge in [0.1, 0.15) is 0 Å². The van der Waals surface area contributed by atoms with E-state index in [9.17, 15) is 10.2 Å². The van der Waals surface area contributed by atoms with Crippen molar-refractivity contribution >= 4 is 0 Å². The third-order valence-electron chi connectivity index (χ3n) is 3.85. The maximum Gasteiger partial charge on any atom is 0.230 e. The number of aromatic hydroxyl groups is 2. The van der Waals surface area contributed by atoms with E-state index in [2.05, 4.69) is 20.4 Å². The predicted molar refractivity (Wildman–Crippen MR) is 71.3 cm³/mol. The van der Waals surface area contributed by atoms with Crippen LogP contribution >= 0.6 is 0 Å². The molecule has 0 radical (unpaired) electrons. The topological polar surface area (TPSA) is 92.0 Å². The largest absolute Gasteiger partial charge is 0.492 e. The minimum atomic E-state index is -0.0505. The Bertz CT molecular complexity index is 519. The van der Waals surface area contributed by atoms with Crippen molar-refractivity contribution in [2.45, 2.75) is 37.5 Å². The molecule has 0 spiro atoms. The summed E-state index contributed by atoms with van der Waals surface area (Å²) in [5.74, 6) is 0.561. The first kappa shape index (κ1) is 12.8. The smallest absolute Gasteiger partial charge is 0.230 e. The third-order valence-corrected chi connectivity index (χ3v) is 3.85. The molecule has 1 fully saturated rings. The average Bonchev–Trinajstić information content (AvgIpc) is 2.49. The van der Waals surface area contributed by atoms with E-state index in [4.69, 9.17) is 0 Å². The summed E-state index contributed by atoms with van der Waals surface area (Å²) in [5, 5.41) is 33.9. The summed E-state index contributed by atoms with van der Waals surface area (Å²) in [6.07, 6.45) is 4.18. The number of rotatable bonds is 2. The van der Waals surface area contributed by atoms with Crippen molar-refractivity contribution in [3.63, 3.8) is 0 Å². The molecule has 0 bridgehead atoms. The van der Waals surface area contributed by atoms with Crippen molar-refractivity contribution in [1.82, 2.24) is 20.4 Å². The molecular formula is C14H16N4O2. The molecule has 6 nitrogen and oxygen atoms in total. The van der Waals surface area contributed by atoms with E-state index < -0.39 is 0 Å². The second-order valence-electron chi connectivity index (χ2n) is 5.19. The molecule has 1 aliphatic rings. The summed E-state index contributed by atoms with van der Waals surface area (Å²) in [7, 11) is 0. The maximum absolute atomic E-state index is 9.20. The summed E-state index contributed by atoms with van der Waals surface area (Å²) >= 11 is 0. The van der Waals surface area contributed by atoms with Gasteiger partial charge in [0.15, 0.2) is 0 Å². The van der Waals surface area contributed by atoms with Gasteiger partial charge in [-0.3, -0.25) is 0 Å². The normalized spacial score (nSPS) is 22.6. The molecule has 2 atom stereocenters. The van der Waals surface area contributed by atoms with E-state index in [1.54, 1.807) is 12.1 Å². The Balaban J connectivity index is 1.76. The van der Waals surface area contributed by atoms with E-state index >= 15 is 0 Å². The summed E-state index contributed by atoms with van der Waals surface area (Å²) in [6.45, 7) is 0. The number of hydrogen-bond donors (Lipinski definition) is 2. The van der Waals surface area contributed by atoms with E-state index in [0.29, 0.717) is 11.8 Å². The molecule has 2 unspecified atom stereocenters. The van der Waals surface area contributed by atoms with Crippen LogP contribution in [0.2, 0.25) is 0 Å². The van der Waals surface area contributed by atoms with Gasteiger partial charge in [0.25, 0.3) is 0 Å². The molecule has 2 heterocycles. The average molecular weight is 272 g/mol. The van der Waals surface area contributed by atoms with E-state index in [1.165, 1.54) is 0 Å². The molecule has 104 valence electrons. The number of aromatic nitrogens is 4. The molecule has 2 aromatic rings. The first-order chi connectivity index (χ1) is 9.72. The van der Waals surface area contributed by atoms with Crippen molar-refractivity contribution < 1.29 is 10.2 Å². The first-order valence-corrected chi connectivity index (χ1v) is 6.77. The molecule has 2 N–H and O–H groups in total. The Hall–Kier alpha value is -2.24. The van der Waals surface area contributed by atoms with Gasteiger partial charge in [-0.05, 0) is 31.4 Å². The van der Waals surface area contributed by atoms with Crippen molar-refractivity contribution in [2.24, 2.45) is 0 Å². The van der Waals surface area contributed by atoms with Crippen LogP contribution in [0.25, 0.3) is 0 Å². The first-order valence-electron chi connectivity index (χ1n) is 6.77. The molecule has 3 rings (SSSR count). The molecule has 1 saturated carbocycles. The van der Waals surface area contributed by atoms with Gasteiger partial charge in [-0.25, -0.2) is 0 Å². The number of nitrogens with zero attached hydrogens (tertiary/aromatic N) is 4. The van der Waals surface area contributed by atoms with Crippen LogP contribution in [-0.2, 0) is 0 Å². The van der Waals surface area contributed by atoms with E-state index in [1.807, 2.05) is 12.1 Å². The molecule has 6 heteroatoms. The van der Waals surface area contributed by atoms with Crippen LogP contribution in [0.1, 0.15) is 48.9 Å². The Morgan fingerprint density at radius 2 is 1.25 bits per heavy atom. The maximum atomic E-state index is 9.20. The minimum absolute atomic E-state index is 0.0505. The lowest BCUT2D eigenvalue weighted by Crippen LogP contribution is -2.15. The number of hydrogen-bond acceptors (Lipinski definition) is 6. The van der Waals surface area contributed by atoms with E-state index in [-0.39, 0.29) is 11.8 Å². The lowest BCUT2D eigenvalue weighted by molar-refractivity contribution is 0.373. The Morgan fingerprint density at radius 1 is 0.750 bits per heavy atom. The summed E-state index contributed by atoms with van der Waals surface area (Å²) in [5.41, 5.74) is 1.83. The highest BCUT2D eigenvalue weighted by Crippen LogP contribution is 2.39. The van der Waals surface area contributed by atoms with Gasteiger partial charge in [-0.15, -0.1) is 10.2 Å². The van der Waals surface area contributed by atoms with Crippen LogP contribution in [0.4, 0.5) is 0 Å². The fourth-order valence-corrected chi connectivity index (χ4v) is 2.83. The molecule has 0 aliphatic heterocycles. The second kappa shape index (κ2) is 5.40. The highest BCUT2D eigenvalue weighted by molar-refractivity contribution is 5.18. The Morgan fingerprint density at radius 3 is 1.65 bits per heavy atom. The van der Waals surface area contributed by atoms with Crippen molar-refractivity contribution in [1.29, 1.82) is 0 Å². The van der Waals surface area contributed by atoms with Gasteiger partial charge in [-0.1, -0.05) is 6.42 Å². The zero-order valence-corrected chi connectivity index (χ0v) is 11.0. The zero-order chi connectivity index (χ0) is 13.9. The van der Waals surface area contributed by atoms with Gasteiger partial charge in [0.2, 0.25) is 11.8 Å². The van der Waals surface area contributed by atoms with Gasteiger partial charge in [-0.2, -0.15) is 10.2 Å². The molecular weight excluding hydrogens is 256 g/mol. The lowest BCUT2D eigenvalue weighted by Gasteiger charge is -2.27. The van der Waals surface area contributed by atoms with Gasteiger partial charge < -0.3 is 10.2 Å². The van der Waals surface area contributed by atoms with Gasteiger partial charge in [0, 0.05) is 24.0 Å². The fraction of sp³-hybridized carbons (Fsp3) is 0.429. The quantitative estimate of drug-likeness (QED) is 0.870. The standard InChI is InChI=1S/C14H16N4O2/c19-13-6-4-11(15-17-13)9-2-1-3-10(8-9)12-5-7-14(20)18-16-12/h4-7,9-10H,1-3,8H2,(H,17,19)(H,18,20). The Kier molecular flexibility index (Phi) is 3.45. The van der Waals surface area contributed by atoms with Crippen molar-refractivity contribution in [3.8, 4) is 11.8 Å². The fourth-order valence-electron chi connectivity index (χ4n) is 2.83. The summed E-state index contributed by atoms with van der Waals surface area (Å²) in [4.78, 5) is 0. The minimum Gasteiger partial charge on any atom is -0.492 e. The molecule has 1 aliphatic carbocycles. The molecule has 20 heavy (non-hydrogen) atoms. The van der Waals surface area contributed by atoms with Crippen LogP contribution in [0.3, 0.4) is 0 Å². The lowest BCUT2D eigenvalue weighted by atomic mass is 9.78. The molecule has 0 amide bonds. The van der Waals surface area contributed by atoms with Gasteiger partial charge >= 0.3 is 0 Å². The highest BCUT2D eigenvalue weighted by atomic mass is 16.3. The summed E-state index contributed by atoms with van der Waals surface area (Å²) in [6, 6.07) is 6.81. The van der Waals surface area contributed by atoms with Crippen LogP contribution in [0.15, 0.2) is 24.3 Å². The van der Waals surface area contributed by atoms with Crippen LogP contribution in [0, 0.1) is 0 Å². The molecule has 0 saturated heterocycles. The molecule has 0 aromatic carbocycles. The SMILES string of the molecule is Oc1ccc(C2CCCC(c3ccc(O)nn3)C2)nn1. The van der Waals surface area contributed by atoms with Crippen LogP contribution in [-0.4, -0.2) is 30.6 Å². The predicted octanol–water partition coefficient (Wildman–Crippen LogP) is 2.12. The van der Waals surface area contributed by atoms with E-state index in [0.717, 1.165) is 37.1 Å². The highest BCUT2D eigenvalue weighted by Gasteiger charge is 2.26. The second-order valence-corrected chi connectivity index (χ2v) is 5.19.